The summed E-state index contributed by atoms with van der Waals surface area (Å²) in [6.45, 7) is -0.0529. The molecule has 1 aromatic rings. The zero-order valence-corrected chi connectivity index (χ0v) is 10.6. The summed E-state index contributed by atoms with van der Waals surface area (Å²) >= 11 is 0. The van der Waals surface area contributed by atoms with Gasteiger partial charge in [0, 0.05) is 26.8 Å². The fourth-order valence-electron chi connectivity index (χ4n) is 1.35. The first-order valence-electron chi connectivity index (χ1n) is 5.33. The van der Waals surface area contributed by atoms with E-state index in [-0.39, 0.29) is 23.7 Å². The Hall–Kier alpha value is -2.11. The van der Waals surface area contributed by atoms with Gasteiger partial charge < -0.3 is 15.5 Å². The highest BCUT2D eigenvalue weighted by atomic mass is 19.1. The van der Waals surface area contributed by atoms with Crippen molar-refractivity contribution in [3.8, 4) is 0 Å². The third-order valence-electron chi connectivity index (χ3n) is 2.46. The average Bonchev–Trinajstić information content (AvgIpc) is 2.27. The Kier molecular flexibility index (Phi) is 4.25. The van der Waals surface area contributed by atoms with Crippen LogP contribution in [-0.4, -0.2) is 49.3 Å². The SMILES string of the molecule is CN(C)C(=O)CN(C)C(=O)c1ccc(F)cc1N. The molecular weight excluding hydrogens is 237 g/mol. The Bertz CT molecular complexity index is 474. The average molecular weight is 253 g/mol. The second-order valence-corrected chi connectivity index (χ2v) is 4.18. The van der Waals surface area contributed by atoms with Crippen LogP contribution in [0, 0.1) is 5.82 Å². The third kappa shape index (κ3) is 3.19. The van der Waals surface area contributed by atoms with Gasteiger partial charge in [-0.25, -0.2) is 4.39 Å². The molecule has 0 fully saturated rings. The lowest BCUT2D eigenvalue weighted by Gasteiger charge is -2.19. The summed E-state index contributed by atoms with van der Waals surface area (Å²) in [4.78, 5) is 26.1. The predicted molar refractivity (Wildman–Crippen MR) is 66.5 cm³/mol. The molecule has 0 aliphatic rings. The largest absolute Gasteiger partial charge is 0.398 e. The second-order valence-electron chi connectivity index (χ2n) is 4.18. The molecule has 0 aliphatic carbocycles. The number of amides is 2. The van der Waals surface area contributed by atoms with Gasteiger partial charge in [0.25, 0.3) is 5.91 Å². The van der Waals surface area contributed by atoms with Gasteiger partial charge in [0.05, 0.1) is 12.1 Å². The molecule has 1 aromatic carbocycles. The minimum Gasteiger partial charge on any atom is -0.398 e. The molecule has 0 spiro atoms. The van der Waals surface area contributed by atoms with Gasteiger partial charge in [-0.3, -0.25) is 9.59 Å². The van der Waals surface area contributed by atoms with E-state index >= 15 is 0 Å². The van der Waals surface area contributed by atoms with Gasteiger partial charge in [-0.15, -0.1) is 0 Å². The van der Waals surface area contributed by atoms with Crippen molar-refractivity contribution >= 4 is 17.5 Å². The summed E-state index contributed by atoms with van der Waals surface area (Å²) in [7, 11) is 4.70. The quantitative estimate of drug-likeness (QED) is 0.801. The van der Waals surface area contributed by atoms with Crippen LogP contribution in [0.15, 0.2) is 18.2 Å². The topological polar surface area (TPSA) is 66.6 Å². The van der Waals surface area contributed by atoms with E-state index in [1.807, 2.05) is 0 Å². The number of nitrogen functional groups attached to an aromatic ring is 1. The maximum atomic E-state index is 12.9. The number of halogens is 1. The highest BCUT2D eigenvalue weighted by molar-refractivity contribution is 6.00. The van der Waals surface area contributed by atoms with Gasteiger partial charge in [-0.2, -0.15) is 0 Å². The Balaban J connectivity index is 2.84. The molecule has 0 aromatic heterocycles. The van der Waals surface area contributed by atoms with E-state index in [1.54, 1.807) is 14.1 Å². The number of carbonyl (C=O) groups excluding carboxylic acids is 2. The molecule has 0 atom stereocenters. The van der Waals surface area contributed by atoms with Crippen LogP contribution in [0.4, 0.5) is 10.1 Å². The number of rotatable bonds is 3. The fraction of sp³-hybridized carbons (Fsp3) is 0.333. The van der Waals surface area contributed by atoms with Gasteiger partial charge >= 0.3 is 0 Å². The molecule has 6 heteroatoms. The van der Waals surface area contributed by atoms with Gasteiger partial charge in [0.2, 0.25) is 5.91 Å². The minimum absolute atomic E-state index is 0.0529. The molecule has 1 rings (SSSR count). The molecule has 18 heavy (non-hydrogen) atoms. The van der Waals surface area contributed by atoms with E-state index in [1.165, 1.54) is 22.9 Å². The monoisotopic (exact) mass is 253 g/mol. The molecule has 0 saturated heterocycles. The summed E-state index contributed by atoms with van der Waals surface area (Å²) in [5.41, 5.74) is 5.81. The number of nitrogens with two attached hydrogens (primary N) is 1. The maximum absolute atomic E-state index is 12.9. The first-order chi connectivity index (χ1) is 8.32. The van der Waals surface area contributed by atoms with E-state index in [2.05, 4.69) is 0 Å². The van der Waals surface area contributed by atoms with E-state index in [4.69, 9.17) is 5.73 Å². The van der Waals surface area contributed by atoms with Crippen LogP contribution in [0.5, 0.6) is 0 Å². The maximum Gasteiger partial charge on any atom is 0.256 e. The lowest BCUT2D eigenvalue weighted by molar-refractivity contribution is -0.129. The molecule has 5 nitrogen and oxygen atoms in total. The van der Waals surface area contributed by atoms with Crippen molar-refractivity contribution in [1.82, 2.24) is 9.80 Å². The van der Waals surface area contributed by atoms with Gasteiger partial charge in [0.15, 0.2) is 0 Å². The van der Waals surface area contributed by atoms with Crippen molar-refractivity contribution < 1.29 is 14.0 Å². The standard InChI is InChI=1S/C12H16FN3O2/c1-15(2)11(17)7-16(3)12(18)9-5-4-8(13)6-10(9)14/h4-6H,7,14H2,1-3H3. The molecular formula is C12H16FN3O2. The van der Waals surface area contributed by atoms with Crippen LogP contribution in [0.2, 0.25) is 0 Å². The van der Waals surface area contributed by atoms with Gasteiger partial charge in [-0.05, 0) is 18.2 Å². The van der Waals surface area contributed by atoms with E-state index in [9.17, 15) is 14.0 Å². The summed E-state index contributed by atoms with van der Waals surface area (Å²) < 4.78 is 12.9. The highest BCUT2D eigenvalue weighted by Crippen LogP contribution is 2.15. The third-order valence-corrected chi connectivity index (χ3v) is 2.46. The van der Waals surface area contributed by atoms with Gasteiger partial charge in [-0.1, -0.05) is 0 Å². The molecule has 0 heterocycles. The summed E-state index contributed by atoms with van der Waals surface area (Å²) in [5, 5.41) is 0. The van der Waals surface area contributed by atoms with E-state index in [0.29, 0.717) is 0 Å². The van der Waals surface area contributed by atoms with Crippen LogP contribution in [0.1, 0.15) is 10.4 Å². The number of benzene rings is 1. The van der Waals surface area contributed by atoms with Crippen LogP contribution >= 0.6 is 0 Å². The molecule has 0 radical (unpaired) electrons. The van der Waals surface area contributed by atoms with Crippen molar-refractivity contribution in [2.24, 2.45) is 0 Å². The molecule has 0 unspecified atom stereocenters. The smallest absolute Gasteiger partial charge is 0.256 e. The number of anilines is 1. The number of hydrogen-bond acceptors (Lipinski definition) is 3. The van der Waals surface area contributed by atoms with Crippen molar-refractivity contribution in [3.05, 3.63) is 29.6 Å². The minimum atomic E-state index is -0.504. The van der Waals surface area contributed by atoms with Crippen molar-refractivity contribution in [2.75, 3.05) is 33.4 Å². The summed E-state index contributed by atoms with van der Waals surface area (Å²) in [5.74, 6) is -1.12. The Labute approximate surface area is 105 Å². The summed E-state index contributed by atoms with van der Waals surface area (Å²) in [6, 6.07) is 3.55. The zero-order valence-electron chi connectivity index (χ0n) is 10.6. The normalized spacial score (nSPS) is 10.0. The highest BCUT2D eigenvalue weighted by Gasteiger charge is 2.18. The Morgan fingerprint density at radius 2 is 1.89 bits per heavy atom. The van der Waals surface area contributed by atoms with Crippen LogP contribution in [0.3, 0.4) is 0 Å². The number of carbonyl (C=O) groups is 2. The zero-order chi connectivity index (χ0) is 13.9. The molecule has 0 aliphatic heterocycles. The first kappa shape index (κ1) is 14.0. The van der Waals surface area contributed by atoms with Crippen LogP contribution in [-0.2, 0) is 4.79 Å². The van der Waals surface area contributed by atoms with Gasteiger partial charge in [0.1, 0.15) is 5.82 Å². The molecule has 0 saturated carbocycles. The van der Waals surface area contributed by atoms with Crippen LogP contribution < -0.4 is 5.73 Å². The fourth-order valence-corrected chi connectivity index (χ4v) is 1.35. The lowest BCUT2D eigenvalue weighted by atomic mass is 10.1. The molecule has 0 bridgehead atoms. The second kappa shape index (κ2) is 5.48. The van der Waals surface area contributed by atoms with Crippen molar-refractivity contribution in [2.45, 2.75) is 0 Å². The lowest BCUT2D eigenvalue weighted by Crippen LogP contribution is -2.38. The molecule has 98 valence electrons. The first-order valence-corrected chi connectivity index (χ1v) is 5.33. The number of hydrogen-bond donors (Lipinski definition) is 1. The number of likely N-dealkylation sites (N-methyl/N-ethyl adjacent to an activating group) is 2. The summed E-state index contributed by atoms with van der Waals surface area (Å²) in [6.07, 6.45) is 0. The van der Waals surface area contributed by atoms with Crippen LogP contribution in [0.25, 0.3) is 0 Å². The predicted octanol–water partition coefficient (Wildman–Crippen LogP) is 0.568. The Morgan fingerprint density at radius 3 is 2.39 bits per heavy atom. The van der Waals surface area contributed by atoms with Crippen molar-refractivity contribution in [1.29, 1.82) is 0 Å². The molecule has 2 amide bonds. The Morgan fingerprint density at radius 1 is 1.28 bits per heavy atom. The van der Waals surface area contributed by atoms with E-state index < -0.39 is 11.7 Å². The molecule has 2 N–H and O–H groups in total. The van der Waals surface area contributed by atoms with E-state index in [0.717, 1.165) is 12.1 Å². The number of nitrogens with zero attached hydrogens (tertiary/aromatic N) is 2. The van der Waals surface area contributed by atoms with Crippen molar-refractivity contribution in [3.63, 3.8) is 0 Å².